The summed E-state index contributed by atoms with van der Waals surface area (Å²) in [5, 5.41) is 26.1. The third-order valence-corrected chi connectivity index (χ3v) is 0.655. The average Bonchev–Trinajstić information content (AvgIpc) is 1.68. The fourth-order valence-corrected chi connectivity index (χ4v) is 0.232. The van der Waals surface area contributed by atoms with Crippen molar-refractivity contribution in [2.45, 2.75) is 12.5 Å². The molecule has 0 fully saturated rings. The van der Waals surface area contributed by atoms with Gasteiger partial charge in [0.05, 0.1) is 6.10 Å². The quantitative estimate of drug-likeness (QED) is 0.491. The Morgan fingerprint density at radius 3 is 2.29 bits per heavy atom. The molecule has 0 saturated carbocycles. The van der Waals surface area contributed by atoms with Gasteiger partial charge in [0.25, 0.3) is 0 Å². The predicted octanol–water partition coefficient (Wildman–Crippen LogP) is -0.840. The monoisotopic (exact) mass is 105 g/mol. The fraction of sp³-hybridized carbons (Fsp3) is 1.00. The minimum atomic E-state index is -0.856. The number of aliphatic hydroxyl groups is 2. The Morgan fingerprint density at radius 1 is 1.57 bits per heavy atom. The highest BCUT2D eigenvalue weighted by atomic mass is 16.3. The summed E-state index contributed by atoms with van der Waals surface area (Å²) in [4.78, 5) is 0. The largest absolute Gasteiger partial charge is 0.396 e. The summed E-state index contributed by atoms with van der Waals surface area (Å²) < 4.78 is 0. The minimum Gasteiger partial charge on any atom is -0.396 e. The molecule has 3 heteroatoms. The Morgan fingerprint density at radius 2 is 2.14 bits per heavy atom. The Balaban J connectivity index is 2.83. The van der Waals surface area contributed by atoms with Crippen molar-refractivity contribution in [3.05, 3.63) is 0 Å². The van der Waals surface area contributed by atoms with Crippen LogP contribution < -0.4 is 0 Å². The Bertz CT molecular complexity index is 37.9. The molecule has 0 aromatic heterocycles. The second-order valence-corrected chi connectivity index (χ2v) is 1.33. The molecule has 0 amide bonds. The maximum absolute atomic E-state index is 9.66. The van der Waals surface area contributed by atoms with Gasteiger partial charge in [0.1, 0.15) is 6.61 Å². The van der Waals surface area contributed by atoms with Gasteiger partial charge in [-0.2, -0.15) is 0 Å². The van der Waals surface area contributed by atoms with Crippen molar-refractivity contribution in [2.75, 3.05) is 13.2 Å². The van der Waals surface area contributed by atoms with Gasteiger partial charge in [-0.1, -0.05) is 0 Å². The highest BCUT2D eigenvalue weighted by Crippen LogP contribution is 1.85. The van der Waals surface area contributed by atoms with Crippen LogP contribution in [0.5, 0.6) is 0 Å². The fourth-order valence-electron chi connectivity index (χ4n) is 0.232. The summed E-state index contributed by atoms with van der Waals surface area (Å²) in [7, 11) is 0. The van der Waals surface area contributed by atoms with Crippen LogP contribution in [-0.4, -0.2) is 29.5 Å². The Kier molecular flexibility index (Phi) is 3.98. The molecule has 2 N–H and O–H groups in total. The summed E-state index contributed by atoms with van der Waals surface area (Å²) >= 11 is 0. The third-order valence-electron chi connectivity index (χ3n) is 0.655. The van der Waals surface area contributed by atoms with Crippen molar-refractivity contribution < 1.29 is 15.3 Å². The first-order valence-corrected chi connectivity index (χ1v) is 2.18. The van der Waals surface area contributed by atoms with Crippen LogP contribution in [0.15, 0.2) is 0 Å². The number of hydrogen-bond acceptors (Lipinski definition) is 2. The van der Waals surface area contributed by atoms with Gasteiger partial charge >= 0.3 is 0 Å². The van der Waals surface area contributed by atoms with Gasteiger partial charge in [-0.25, -0.2) is 5.11 Å². The van der Waals surface area contributed by atoms with E-state index in [1.807, 2.05) is 0 Å². The van der Waals surface area contributed by atoms with Gasteiger partial charge < -0.3 is 10.2 Å². The van der Waals surface area contributed by atoms with E-state index in [0.717, 1.165) is 0 Å². The second kappa shape index (κ2) is 4.05. The van der Waals surface area contributed by atoms with Gasteiger partial charge in [-0.3, -0.25) is 0 Å². The van der Waals surface area contributed by atoms with Crippen LogP contribution in [0.4, 0.5) is 0 Å². The lowest BCUT2D eigenvalue weighted by Crippen LogP contribution is -2.11. The Labute approximate surface area is 42.2 Å². The van der Waals surface area contributed by atoms with Crippen LogP contribution in [0.25, 0.3) is 0 Å². The molecule has 1 atom stereocenters. The van der Waals surface area contributed by atoms with E-state index in [1.54, 1.807) is 0 Å². The third kappa shape index (κ3) is 3.72. The van der Waals surface area contributed by atoms with E-state index in [1.165, 1.54) is 0 Å². The van der Waals surface area contributed by atoms with Gasteiger partial charge in [-0.05, 0) is 6.42 Å². The highest BCUT2D eigenvalue weighted by Gasteiger charge is 1.98. The van der Waals surface area contributed by atoms with Crippen molar-refractivity contribution in [2.24, 2.45) is 0 Å². The molecular formula is C4H9O3. The molecule has 7 heavy (non-hydrogen) atoms. The summed E-state index contributed by atoms with van der Waals surface area (Å²) in [6, 6.07) is 0. The summed E-state index contributed by atoms with van der Waals surface area (Å²) in [5.74, 6) is 0. The first kappa shape index (κ1) is 6.88. The van der Waals surface area contributed by atoms with Crippen molar-refractivity contribution in [1.29, 1.82) is 0 Å². The molecule has 0 saturated heterocycles. The standard InChI is InChI=1S/C4H9O3/c5-2-1-4(7)3-6/h4-5,7H,1-3H2. The maximum Gasteiger partial charge on any atom is 0.108 e. The molecule has 0 rings (SSSR count). The molecule has 1 radical (unpaired) electrons. The second-order valence-electron chi connectivity index (χ2n) is 1.33. The zero-order valence-corrected chi connectivity index (χ0v) is 4.00. The van der Waals surface area contributed by atoms with Crippen molar-refractivity contribution in [3.8, 4) is 0 Å². The normalized spacial score (nSPS) is 14.1. The SMILES string of the molecule is [O]CC(O)CCO. The highest BCUT2D eigenvalue weighted by molar-refractivity contribution is 4.48. The van der Waals surface area contributed by atoms with Gasteiger partial charge in [0, 0.05) is 6.61 Å². The van der Waals surface area contributed by atoms with Crippen LogP contribution >= 0.6 is 0 Å². The Hall–Kier alpha value is -0.120. The lowest BCUT2D eigenvalue weighted by molar-refractivity contribution is 0.0391. The first-order chi connectivity index (χ1) is 3.31. The summed E-state index contributed by atoms with van der Waals surface area (Å²) in [6.07, 6.45) is -0.659. The van der Waals surface area contributed by atoms with E-state index in [9.17, 15) is 5.11 Å². The van der Waals surface area contributed by atoms with Gasteiger partial charge in [0.2, 0.25) is 0 Å². The van der Waals surface area contributed by atoms with Crippen LogP contribution in [0.3, 0.4) is 0 Å². The molecular weight excluding hydrogens is 96.0 g/mol. The topological polar surface area (TPSA) is 60.4 Å². The molecule has 0 aliphatic heterocycles. The number of hydrogen-bond donors (Lipinski definition) is 2. The molecule has 43 valence electrons. The van der Waals surface area contributed by atoms with Crippen LogP contribution in [-0.2, 0) is 5.11 Å². The number of rotatable bonds is 3. The summed E-state index contributed by atoms with van der Waals surface area (Å²) in [5.41, 5.74) is 0. The zero-order chi connectivity index (χ0) is 5.70. The van der Waals surface area contributed by atoms with E-state index < -0.39 is 12.7 Å². The van der Waals surface area contributed by atoms with Gasteiger partial charge in [-0.15, -0.1) is 0 Å². The summed E-state index contributed by atoms with van der Waals surface area (Å²) in [6.45, 7) is -0.621. The van der Waals surface area contributed by atoms with E-state index >= 15 is 0 Å². The average molecular weight is 105 g/mol. The van der Waals surface area contributed by atoms with Gasteiger partial charge in [0.15, 0.2) is 0 Å². The molecule has 0 aliphatic rings. The van der Waals surface area contributed by atoms with E-state index in [0.29, 0.717) is 0 Å². The smallest absolute Gasteiger partial charge is 0.108 e. The molecule has 0 bridgehead atoms. The lowest BCUT2D eigenvalue weighted by atomic mass is 10.3. The van der Waals surface area contributed by atoms with Crippen LogP contribution in [0.2, 0.25) is 0 Å². The molecule has 0 heterocycles. The number of aliphatic hydroxyl groups excluding tert-OH is 2. The van der Waals surface area contributed by atoms with Crippen LogP contribution in [0, 0.1) is 0 Å². The molecule has 3 nitrogen and oxygen atoms in total. The molecule has 1 unspecified atom stereocenters. The van der Waals surface area contributed by atoms with E-state index in [4.69, 9.17) is 10.2 Å². The van der Waals surface area contributed by atoms with Crippen molar-refractivity contribution in [3.63, 3.8) is 0 Å². The predicted molar refractivity (Wildman–Crippen MR) is 23.3 cm³/mol. The van der Waals surface area contributed by atoms with E-state index in [2.05, 4.69) is 0 Å². The zero-order valence-electron chi connectivity index (χ0n) is 4.00. The van der Waals surface area contributed by atoms with E-state index in [-0.39, 0.29) is 13.0 Å². The molecule has 0 spiro atoms. The molecule has 0 aromatic carbocycles. The van der Waals surface area contributed by atoms with Crippen molar-refractivity contribution >= 4 is 0 Å². The minimum absolute atomic E-state index is 0.108. The first-order valence-electron chi connectivity index (χ1n) is 2.18. The maximum atomic E-state index is 9.66. The lowest BCUT2D eigenvalue weighted by Gasteiger charge is -1.99. The molecule has 0 aliphatic carbocycles. The van der Waals surface area contributed by atoms with Crippen LogP contribution in [0.1, 0.15) is 6.42 Å². The molecule has 0 aromatic rings. The van der Waals surface area contributed by atoms with Crippen molar-refractivity contribution in [1.82, 2.24) is 0 Å².